The number of sulfonamides is 1. The first kappa shape index (κ1) is 11.2. The Labute approximate surface area is 103 Å². The first-order chi connectivity index (χ1) is 8.67. The van der Waals surface area contributed by atoms with Crippen molar-refractivity contribution in [2.24, 2.45) is 0 Å². The van der Waals surface area contributed by atoms with Crippen LogP contribution in [-0.4, -0.2) is 41.5 Å². The summed E-state index contributed by atoms with van der Waals surface area (Å²) in [4.78, 5) is 0.0991. The third-order valence-electron chi connectivity index (χ3n) is 2.80. The molecule has 9 heteroatoms. The second-order valence-electron chi connectivity index (χ2n) is 4.01. The summed E-state index contributed by atoms with van der Waals surface area (Å²) < 4.78 is 28.2. The maximum atomic E-state index is 12.0. The maximum Gasteiger partial charge on any atom is 0.266 e. The van der Waals surface area contributed by atoms with Crippen molar-refractivity contribution in [2.45, 2.75) is 10.9 Å². The van der Waals surface area contributed by atoms with Crippen molar-refractivity contribution >= 4 is 15.8 Å². The minimum atomic E-state index is -3.61. The fraction of sp³-hybridized carbons (Fsp3) is 0.333. The van der Waals surface area contributed by atoms with Crippen LogP contribution in [0.4, 0.5) is 5.82 Å². The van der Waals surface area contributed by atoms with Crippen LogP contribution in [0.5, 0.6) is 0 Å². The highest BCUT2D eigenvalue weighted by Crippen LogP contribution is 2.20. The quantitative estimate of drug-likeness (QED) is 0.696. The van der Waals surface area contributed by atoms with Crippen LogP contribution in [-0.2, 0) is 10.0 Å². The molecule has 2 aromatic rings. The molecule has 8 nitrogen and oxygen atoms in total. The lowest BCUT2D eigenvalue weighted by atomic mass is 10.2. The molecule has 1 fully saturated rings. The maximum absolute atomic E-state index is 12.0. The van der Waals surface area contributed by atoms with Crippen LogP contribution in [0, 0.1) is 0 Å². The van der Waals surface area contributed by atoms with E-state index in [9.17, 15) is 8.42 Å². The molecular formula is C9H12N6O2S. The van der Waals surface area contributed by atoms with E-state index in [4.69, 9.17) is 0 Å². The minimum Gasteiger partial charge on any atom is -0.312 e. The lowest BCUT2D eigenvalue weighted by Gasteiger charge is -2.28. The molecule has 0 radical (unpaired) electrons. The zero-order valence-electron chi connectivity index (χ0n) is 9.37. The van der Waals surface area contributed by atoms with Crippen LogP contribution in [0.1, 0.15) is 6.04 Å². The molecule has 2 aromatic heterocycles. The van der Waals surface area contributed by atoms with Gasteiger partial charge in [-0.2, -0.15) is 10.2 Å². The summed E-state index contributed by atoms with van der Waals surface area (Å²) in [5.41, 5.74) is 0. The Morgan fingerprint density at radius 1 is 1.44 bits per heavy atom. The predicted octanol–water partition coefficient (Wildman–Crippen LogP) is -0.449. The number of anilines is 1. The number of nitrogens with one attached hydrogen (secondary N) is 3. The zero-order chi connectivity index (χ0) is 12.6. The molecule has 0 spiro atoms. The van der Waals surface area contributed by atoms with Gasteiger partial charge in [0.2, 0.25) is 0 Å². The minimum absolute atomic E-state index is 0.0991. The van der Waals surface area contributed by atoms with Crippen LogP contribution >= 0.6 is 0 Å². The molecule has 1 saturated heterocycles. The summed E-state index contributed by atoms with van der Waals surface area (Å²) >= 11 is 0. The molecule has 96 valence electrons. The van der Waals surface area contributed by atoms with Gasteiger partial charge in [-0.05, 0) is 0 Å². The Kier molecular flexibility index (Phi) is 2.56. The largest absolute Gasteiger partial charge is 0.312 e. The summed E-state index contributed by atoms with van der Waals surface area (Å²) in [6.45, 7) is 1.59. The molecule has 0 amide bonds. The van der Waals surface area contributed by atoms with E-state index < -0.39 is 10.0 Å². The summed E-state index contributed by atoms with van der Waals surface area (Å²) in [5, 5.41) is 13.3. The molecule has 0 aromatic carbocycles. The van der Waals surface area contributed by atoms with E-state index in [1.54, 1.807) is 16.9 Å². The highest BCUT2D eigenvalue weighted by molar-refractivity contribution is 7.92. The van der Waals surface area contributed by atoms with E-state index >= 15 is 0 Å². The summed E-state index contributed by atoms with van der Waals surface area (Å²) in [7, 11) is -3.61. The van der Waals surface area contributed by atoms with Crippen LogP contribution in [0.15, 0.2) is 29.6 Å². The molecule has 0 atom stereocenters. The number of aromatic nitrogens is 4. The number of aromatic amines is 1. The summed E-state index contributed by atoms with van der Waals surface area (Å²) in [6, 6.07) is 1.83. The Hall–Kier alpha value is -1.87. The standard InChI is InChI=1S/C9H12N6O2S/c16-18(17,8-5-11-12-6-8)14-9-1-2-13-15(9)7-3-10-4-7/h1-2,5-7,10,14H,3-4H2,(H,11,12). The predicted molar refractivity (Wildman–Crippen MR) is 63.5 cm³/mol. The highest BCUT2D eigenvalue weighted by Gasteiger charge is 2.24. The third-order valence-corrected chi connectivity index (χ3v) is 4.12. The van der Waals surface area contributed by atoms with Crippen molar-refractivity contribution < 1.29 is 8.42 Å². The van der Waals surface area contributed by atoms with Gasteiger partial charge in [0, 0.05) is 25.4 Å². The van der Waals surface area contributed by atoms with Gasteiger partial charge in [0.1, 0.15) is 10.7 Å². The van der Waals surface area contributed by atoms with Crippen molar-refractivity contribution in [3.05, 3.63) is 24.7 Å². The Morgan fingerprint density at radius 3 is 2.89 bits per heavy atom. The highest BCUT2D eigenvalue weighted by atomic mass is 32.2. The molecule has 3 heterocycles. The summed E-state index contributed by atoms with van der Waals surface area (Å²) in [5.74, 6) is 0.461. The lowest BCUT2D eigenvalue weighted by Crippen LogP contribution is -2.44. The van der Waals surface area contributed by atoms with Crippen LogP contribution < -0.4 is 10.0 Å². The van der Waals surface area contributed by atoms with Crippen molar-refractivity contribution in [1.29, 1.82) is 0 Å². The van der Waals surface area contributed by atoms with Gasteiger partial charge in [0.25, 0.3) is 10.0 Å². The van der Waals surface area contributed by atoms with Crippen LogP contribution in [0.2, 0.25) is 0 Å². The molecule has 0 bridgehead atoms. The van der Waals surface area contributed by atoms with E-state index in [0.29, 0.717) is 5.82 Å². The van der Waals surface area contributed by atoms with Crippen molar-refractivity contribution in [2.75, 3.05) is 17.8 Å². The van der Waals surface area contributed by atoms with Crippen LogP contribution in [0.3, 0.4) is 0 Å². The topological polar surface area (TPSA) is 105 Å². The van der Waals surface area contributed by atoms with Crippen LogP contribution in [0.25, 0.3) is 0 Å². The van der Waals surface area contributed by atoms with Gasteiger partial charge in [-0.15, -0.1) is 0 Å². The SMILES string of the molecule is O=S(=O)(Nc1ccnn1C1CNC1)c1cn[nH]c1. The average Bonchev–Trinajstić information content (AvgIpc) is 2.86. The van der Waals surface area contributed by atoms with Gasteiger partial charge in [0.15, 0.2) is 0 Å². The van der Waals surface area contributed by atoms with Crippen molar-refractivity contribution in [3.8, 4) is 0 Å². The van der Waals surface area contributed by atoms with Gasteiger partial charge in [-0.3, -0.25) is 9.82 Å². The van der Waals surface area contributed by atoms with E-state index in [-0.39, 0.29) is 10.9 Å². The van der Waals surface area contributed by atoms with Gasteiger partial charge >= 0.3 is 0 Å². The Bertz CT molecular complexity index is 628. The van der Waals surface area contributed by atoms with Gasteiger partial charge in [-0.1, -0.05) is 0 Å². The van der Waals surface area contributed by atoms with Gasteiger partial charge in [0.05, 0.1) is 18.4 Å². The van der Waals surface area contributed by atoms with Crippen molar-refractivity contribution in [3.63, 3.8) is 0 Å². The number of hydrogen-bond acceptors (Lipinski definition) is 5. The second kappa shape index (κ2) is 4.10. The van der Waals surface area contributed by atoms with Gasteiger partial charge in [-0.25, -0.2) is 13.1 Å². The molecule has 3 rings (SSSR count). The van der Waals surface area contributed by atoms with E-state index in [1.807, 2.05) is 0 Å². The van der Waals surface area contributed by atoms with E-state index in [1.165, 1.54) is 12.4 Å². The molecule has 0 aliphatic carbocycles. The first-order valence-electron chi connectivity index (χ1n) is 5.43. The number of H-pyrrole nitrogens is 1. The molecule has 0 saturated carbocycles. The zero-order valence-corrected chi connectivity index (χ0v) is 10.2. The fourth-order valence-electron chi connectivity index (χ4n) is 1.72. The average molecular weight is 268 g/mol. The smallest absolute Gasteiger partial charge is 0.266 e. The fourth-order valence-corrected chi connectivity index (χ4v) is 2.67. The molecule has 1 aliphatic heterocycles. The molecule has 0 unspecified atom stereocenters. The number of nitrogens with zero attached hydrogens (tertiary/aromatic N) is 3. The third kappa shape index (κ3) is 1.87. The molecule has 1 aliphatic rings. The second-order valence-corrected chi connectivity index (χ2v) is 5.69. The normalized spacial score (nSPS) is 16.4. The number of hydrogen-bond donors (Lipinski definition) is 3. The number of rotatable bonds is 4. The summed E-state index contributed by atoms with van der Waals surface area (Å²) in [6.07, 6.45) is 4.16. The van der Waals surface area contributed by atoms with E-state index in [0.717, 1.165) is 13.1 Å². The lowest BCUT2D eigenvalue weighted by molar-refractivity contribution is 0.322. The van der Waals surface area contributed by atoms with Gasteiger partial charge < -0.3 is 5.32 Å². The Morgan fingerprint density at radius 2 is 2.28 bits per heavy atom. The molecular weight excluding hydrogens is 256 g/mol. The van der Waals surface area contributed by atoms with E-state index in [2.05, 4.69) is 25.3 Å². The molecule has 3 N–H and O–H groups in total. The Balaban J connectivity index is 1.87. The first-order valence-corrected chi connectivity index (χ1v) is 6.91. The molecule has 18 heavy (non-hydrogen) atoms. The monoisotopic (exact) mass is 268 g/mol. The van der Waals surface area contributed by atoms with Crippen molar-refractivity contribution in [1.82, 2.24) is 25.3 Å².